The maximum absolute atomic E-state index is 12.2. The number of aliphatic hydroxyl groups is 1. The van der Waals surface area contributed by atoms with Crippen molar-refractivity contribution in [2.75, 3.05) is 24.2 Å². The van der Waals surface area contributed by atoms with Gasteiger partial charge in [0.2, 0.25) is 0 Å². The summed E-state index contributed by atoms with van der Waals surface area (Å²) >= 11 is 1.51. The van der Waals surface area contributed by atoms with Gasteiger partial charge >= 0.3 is 12.0 Å². The Kier molecular flexibility index (Phi) is 10.0. The van der Waals surface area contributed by atoms with E-state index in [9.17, 15) is 14.7 Å². The van der Waals surface area contributed by atoms with Crippen LogP contribution in [0.4, 0.5) is 10.5 Å². The molecule has 3 atom stereocenters. The van der Waals surface area contributed by atoms with Crippen LogP contribution < -0.4 is 10.6 Å². The highest BCUT2D eigenvalue weighted by Crippen LogP contribution is 2.39. The van der Waals surface area contributed by atoms with E-state index in [-0.39, 0.29) is 32.0 Å². The van der Waals surface area contributed by atoms with Crippen molar-refractivity contribution >= 4 is 29.4 Å². The van der Waals surface area contributed by atoms with Gasteiger partial charge in [0.25, 0.3) is 0 Å². The fraction of sp³-hybridized carbons (Fsp3) is 0.333. The number of benzene rings is 2. The minimum Gasteiger partial charge on any atom is -0.465 e. The van der Waals surface area contributed by atoms with Crippen LogP contribution in [0.1, 0.15) is 42.4 Å². The Bertz CT molecular complexity index is 1200. The standard InChI is InChI=1S/C27H30N4O6S/c1-2-35-24(33)15-30-26(34)31-21-6-3-5-20(13-21)25-36-22(17-38-27-28-11-4-12-29-27)14-23(37-25)19-9-7-18(16-32)8-10-19/h3-13,22-23,25,32H,2,14-17H2,1H3,(H2,30,31,34). The third-order valence-electron chi connectivity index (χ3n) is 5.67. The number of urea groups is 1. The lowest BCUT2D eigenvalue weighted by Crippen LogP contribution is -2.34. The van der Waals surface area contributed by atoms with Crippen molar-refractivity contribution in [2.24, 2.45) is 0 Å². The average molecular weight is 539 g/mol. The first kappa shape index (κ1) is 27.5. The molecular weight excluding hydrogens is 508 g/mol. The fourth-order valence-electron chi connectivity index (χ4n) is 3.85. The third kappa shape index (κ3) is 7.99. The molecule has 10 nitrogen and oxygen atoms in total. The van der Waals surface area contributed by atoms with Crippen LogP contribution in [0, 0.1) is 0 Å². The zero-order valence-corrected chi connectivity index (χ0v) is 21.7. The highest BCUT2D eigenvalue weighted by Gasteiger charge is 2.32. The van der Waals surface area contributed by atoms with Gasteiger partial charge in [-0.3, -0.25) is 4.79 Å². The monoisotopic (exact) mass is 538 g/mol. The summed E-state index contributed by atoms with van der Waals surface area (Å²) in [5, 5.41) is 15.3. The zero-order valence-electron chi connectivity index (χ0n) is 20.9. The molecule has 4 rings (SSSR count). The smallest absolute Gasteiger partial charge is 0.325 e. The van der Waals surface area contributed by atoms with E-state index in [1.807, 2.05) is 30.3 Å². The zero-order chi connectivity index (χ0) is 26.7. The number of aliphatic hydroxyl groups excluding tert-OH is 1. The Morgan fingerprint density at radius 3 is 2.61 bits per heavy atom. The van der Waals surface area contributed by atoms with Gasteiger partial charge in [0.05, 0.1) is 25.4 Å². The van der Waals surface area contributed by atoms with Gasteiger partial charge in [0.1, 0.15) is 6.54 Å². The first-order valence-electron chi connectivity index (χ1n) is 12.2. The van der Waals surface area contributed by atoms with E-state index in [4.69, 9.17) is 14.2 Å². The fourth-order valence-corrected chi connectivity index (χ4v) is 4.67. The first-order chi connectivity index (χ1) is 18.5. The van der Waals surface area contributed by atoms with Gasteiger partial charge in [-0.05, 0) is 36.2 Å². The summed E-state index contributed by atoms with van der Waals surface area (Å²) in [6.45, 7) is 1.69. The minimum absolute atomic E-state index is 0.0267. The molecule has 0 spiro atoms. The molecule has 2 amide bonds. The molecule has 3 N–H and O–H groups in total. The Morgan fingerprint density at radius 2 is 1.87 bits per heavy atom. The molecule has 2 heterocycles. The van der Waals surface area contributed by atoms with Crippen LogP contribution >= 0.6 is 11.8 Å². The second-order valence-corrected chi connectivity index (χ2v) is 9.42. The van der Waals surface area contributed by atoms with Crippen LogP contribution in [0.15, 0.2) is 72.1 Å². The van der Waals surface area contributed by atoms with E-state index >= 15 is 0 Å². The highest BCUT2D eigenvalue weighted by molar-refractivity contribution is 7.99. The van der Waals surface area contributed by atoms with E-state index < -0.39 is 18.3 Å². The Morgan fingerprint density at radius 1 is 1.08 bits per heavy atom. The van der Waals surface area contributed by atoms with Gasteiger partial charge in [-0.15, -0.1) is 0 Å². The van der Waals surface area contributed by atoms with Crippen LogP contribution in [0.3, 0.4) is 0 Å². The van der Waals surface area contributed by atoms with Crippen molar-refractivity contribution in [3.05, 3.63) is 83.7 Å². The van der Waals surface area contributed by atoms with E-state index in [1.54, 1.807) is 43.6 Å². The summed E-state index contributed by atoms with van der Waals surface area (Å²) < 4.78 is 17.5. The van der Waals surface area contributed by atoms with Crippen LogP contribution in [0.5, 0.6) is 0 Å². The highest BCUT2D eigenvalue weighted by atomic mass is 32.2. The summed E-state index contributed by atoms with van der Waals surface area (Å²) in [5.74, 6) is 0.117. The predicted octanol–water partition coefficient (Wildman–Crippen LogP) is 3.99. The number of thioether (sulfide) groups is 1. The van der Waals surface area contributed by atoms with Crippen molar-refractivity contribution < 1.29 is 28.9 Å². The molecular formula is C27H30N4O6S. The predicted molar refractivity (Wildman–Crippen MR) is 141 cm³/mol. The number of rotatable bonds is 10. The van der Waals surface area contributed by atoms with E-state index in [1.165, 1.54) is 11.8 Å². The van der Waals surface area contributed by atoms with Crippen molar-refractivity contribution in [3.8, 4) is 0 Å². The third-order valence-corrected chi connectivity index (χ3v) is 6.68. The number of carbonyl (C=O) groups is 2. The van der Waals surface area contributed by atoms with Gasteiger partial charge in [-0.1, -0.05) is 48.2 Å². The molecule has 3 unspecified atom stereocenters. The number of hydrogen-bond acceptors (Lipinski definition) is 9. The molecule has 38 heavy (non-hydrogen) atoms. The number of carbonyl (C=O) groups excluding carboxylic acids is 2. The molecule has 1 aliphatic rings. The van der Waals surface area contributed by atoms with Gasteiger partial charge in [0, 0.05) is 35.8 Å². The number of anilines is 1. The number of esters is 1. The number of nitrogens with zero attached hydrogens (tertiary/aromatic N) is 2. The lowest BCUT2D eigenvalue weighted by molar-refractivity contribution is -0.245. The molecule has 2 aromatic carbocycles. The molecule has 0 bridgehead atoms. The molecule has 11 heteroatoms. The summed E-state index contributed by atoms with van der Waals surface area (Å²) in [4.78, 5) is 32.3. The lowest BCUT2D eigenvalue weighted by atomic mass is 10.0. The molecule has 200 valence electrons. The van der Waals surface area contributed by atoms with Gasteiger partial charge < -0.3 is 30.0 Å². The molecule has 0 radical (unpaired) electrons. The first-order valence-corrected chi connectivity index (χ1v) is 13.2. The molecule has 1 saturated heterocycles. The molecule has 1 aromatic heterocycles. The summed E-state index contributed by atoms with van der Waals surface area (Å²) in [6, 6.07) is 16.1. The average Bonchev–Trinajstić information content (AvgIpc) is 2.96. The maximum atomic E-state index is 12.2. The number of nitrogens with one attached hydrogen (secondary N) is 2. The Hall–Kier alpha value is -3.51. The van der Waals surface area contributed by atoms with E-state index in [0.29, 0.717) is 23.0 Å². The second kappa shape index (κ2) is 13.9. The number of aromatic nitrogens is 2. The summed E-state index contributed by atoms with van der Waals surface area (Å²) in [5.41, 5.74) is 3.06. The molecule has 0 aliphatic carbocycles. The Labute approximate surface area is 225 Å². The maximum Gasteiger partial charge on any atom is 0.325 e. The van der Waals surface area contributed by atoms with E-state index in [0.717, 1.165) is 16.7 Å². The molecule has 1 fully saturated rings. The van der Waals surface area contributed by atoms with Gasteiger partial charge in [0.15, 0.2) is 11.4 Å². The van der Waals surface area contributed by atoms with Crippen LogP contribution in [0.2, 0.25) is 0 Å². The minimum atomic E-state index is -0.682. The molecule has 1 aliphatic heterocycles. The SMILES string of the molecule is CCOC(=O)CNC(=O)Nc1cccc(C2OC(CSc3ncccn3)CC(c3ccc(CO)cc3)O2)c1. The number of hydrogen-bond donors (Lipinski definition) is 3. The number of amides is 2. The van der Waals surface area contributed by atoms with Crippen molar-refractivity contribution in [2.45, 2.75) is 43.6 Å². The topological polar surface area (TPSA) is 132 Å². The summed E-state index contributed by atoms with van der Waals surface area (Å²) in [6.07, 6.45) is 2.95. The lowest BCUT2D eigenvalue weighted by Gasteiger charge is -2.36. The number of ether oxygens (including phenoxy) is 3. The quantitative estimate of drug-likeness (QED) is 0.199. The van der Waals surface area contributed by atoms with Crippen molar-refractivity contribution in [1.29, 1.82) is 0 Å². The van der Waals surface area contributed by atoms with E-state index in [2.05, 4.69) is 20.6 Å². The van der Waals surface area contributed by atoms with Crippen LogP contribution in [-0.4, -0.2) is 52.1 Å². The van der Waals surface area contributed by atoms with Crippen LogP contribution in [-0.2, 0) is 25.6 Å². The largest absolute Gasteiger partial charge is 0.465 e. The molecule has 3 aromatic rings. The van der Waals surface area contributed by atoms with Gasteiger partial charge in [-0.25, -0.2) is 14.8 Å². The van der Waals surface area contributed by atoms with Gasteiger partial charge in [-0.2, -0.15) is 0 Å². The normalized spacial score (nSPS) is 18.9. The van der Waals surface area contributed by atoms with Crippen LogP contribution in [0.25, 0.3) is 0 Å². The molecule has 0 saturated carbocycles. The van der Waals surface area contributed by atoms with Crippen molar-refractivity contribution in [1.82, 2.24) is 15.3 Å². The van der Waals surface area contributed by atoms with Crippen molar-refractivity contribution in [3.63, 3.8) is 0 Å². The Balaban J connectivity index is 1.47. The summed E-state index contributed by atoms with van der Waals surface area (Å²) in [7, 11) is 0. The second-order valence-electron chi connectivity index (χ2n) is 8.43.